The Hall–Kier alpha value is -1.29. The predicted molar refractivity (Wildman–Crippen MR) is 58.2 cm³/mol. The summed E-state index contributed by atoms with van der Waals surface area (Å²) in [5.74, 6) is -0.530. The Labute approximate surface area is 98.1 Å². The van der Waals surface area contributed by atoms with Crippen molar-refractivity contribution < 1.29 is 18.7 Å². The minimum atomic E-state index is -0.514. The second-order valence-electron chi connectivity index (χ2n) is 3.13. The molecular weight excluding hydrogens is 235 g/mol. The van der Waals surface area contributed by atoms with E-state index in [-0.39, 0.29) is 17.9 Å². The van der Waals surface area contributed by atoms with Crippen LogP contribution >= 0.6 is 11.6 Å². The lowest BCUT2D eigenvalue weighted by molar-refractivity contribution is -0.139. The first-order valence-corrected chi connectivity index (χ1v) is 5.13. The predicted octanol–water partition coefficient (Wildman–Crippen LogP) is 2.29. The van der Waals surface area contributed by atoms with E-state index in [2.05, 4.69) is 4.74 Å². The summed E-state index contributed by atoms with van der Waals surface area (Å²) in [5, 5.41) is 0. The number of hydrogen-bond acceptors (Lipinski definition) is 3. The summed E-state index contributed by atoms with van der Waals surface area (Å²) >= 11 is 5.69. The van der Waals surface area contributed by atoms with Crippen LogP contribution in [0.1, 0.15) is 11.1 Å². The van der Waals surface area contributed by atoms with Gasteiger partial charge in [0.1, 0.15) is 11.6 Å². The summed E-state index contributed by atoms with van der Waals surface area (Å²) in [6.45, 7) is 0. The van der Waals surface area contributed by atoms with Crippen molar-refractivity contribution in [2.45, 2.75) is 12.3 Å². The molecule has 0 bridgehead atoms. The van der Waals surface area contributed by atoms with E-state index in [9.17, 15) is 9.18 Å². The fraction of sp³-hybridized carbons (Fsp3) is 0.364. The molecule has 1 aromatic rings. The van der Waals surface area contributed by atoms with E-state index in [1.807, 2.05) is 0 Å². The summed E-state index contributed by atoms with van der Waals surface area (Å²) in [4.78, 5) is 11.1. The Kier molecular flexibility index (Phi) is 4.55. The molecule has 0 unspecified atom stereocenters. The van der Waals surface area contributed by atoms with Crippen molar-refractivity contribution in [3.05, 3.63) is 29.1 Å². The second-order valence-corrected chi connectivity index (χ2v) is 3.40. The highest BCUT2D eigenvalue weighted by atomic mass is 35.5. The van der Waals surface area contributed by atoms with Gasteiger partial charge in [-0.1, -0.05) is 0 Å². The van der Waals surface area contributed by atoms with Crippen LogP contribution in [0.25, 0.3) is 0 Å². The van der Waals surface area contributed by atoms with Crippen molar-refractivity contribution in [1.82, 2.24) is 0 Å². The zero-order valence-electron chi connectivity index (χ0n) is 9.05. The molecule has 0 N–H and O–H groups in total. The van der Waals surface area contributed by atoms with E-state index < -0.39 is 11.8 Å². The summed E-state index contributed by atoms with van der Waals surface area (Å²) in [6, 6.07) is 2.82. The van der Waals surface area contributed by atoms with Crippen molar-refractivity contribution in [2.24, 2.45) is 0 Å². The van der Waals surface area contributed by atoms with Gasteiger partial charge in [-0.05, 0) is 11.6 Å². The molecule has 16 heavy (non-hydrogen) atoms. The maximum Gasteiger partial charge on any atom is 0.310 e. The van der Waals surface area contributed by atoms with Crippen molar-refractivity contribution in [2.75, 3.05) is 14.2 Å². The normalized spacial score (nSPS) is 10.0. The van der Waals surface area contributed by atoms with Crippen LogP contribution in [0.15, 0.2) is 12.1 Å². The van der Waals surface area contributed by atoms with Gasteiger partial charge in [0.05, 0.1) is 20.6 Å². The smallest absolute Gasteiger partial charge is 0.310 e. The maximum absolute atomic E-state index is 13.6. The molecule has 0 amide bonds. The van der Waals surface area contributed by atoms with Crippen LogP contribution in [0.3, 0.4) is 0 Å². The molecule has 0 radical (unpaired) electrons. The molecule has 0 saturated carbocycles. The van der Waals surface area contributed by atoms with Gasteiger partial charge in [0, 0.05) is 17.5 Å². The van der Waals surface area contributed by atoms with Gasteiger partial charge in [-0.2, -0.15) is 0 Å². The molecule has 0 heterocycles. The molecule has 0 aliphatic heterocycles. The van der Waals surface area contributed by atoms with E-state index in [1.54, 1.807) is 6.07 Å². The topological polar surface area (TPSA) is 35.5 Å². The van der Waals surface area contributed by atoms with Gasteiger partial charge in [-0.25, -0.2) is 4.39 Å². The monoisotopic (exact) mass is 246 g/mol. The third-order valence-corrected chi connectivity index (χ3v) is 2.48. The minimum Gasteiger partial charge on any atom is -0.497 e. The number of rotatable bonds is 4. The molecule has 0 aromatic heterocycles. The molecule has 1 rings (SSSR count). The van der Waals surface area contributed by atoms with Gasteiger partial charge in [0.25, 0.3) is 0 Å². The van der Waals surface area contributed by atoms with E-state index in [0.29, 0.717) is 11.3 Å². The largest absolute Gasteiger partial charge is 0.497 e. The van der Waals surface area contributed by atoms with E-state index in [4.69, 9.17) is 16.3 Å². The molecule has 0 saturated heterocycles. The summed E-state index contributed by atoms with van der Waals surface area (Å²) in [5.41, 5.74) is 0.784. The number of halogens is 2. The van der Waals surface area contributed by atoms with E-state index in [0.717, 1.165) is 0 Å². The van der Waals surface area contributed by atoms with Crippen molar-refractivity contribution in [3.63, 3.8) is 0 Å². The number of carbonyl (C=O) groups excluding carboxylic acids is 1. The highest BCUT2D eigenvalue weighted by Gasteiger charge is 2.14. The number of alkyl halides is 1. The zero-order chi connectivity index (χ0) is 12.1. The fourth-order valence-electron chi connectivity index (χ4n) is 1.32. The Morgan fingerprint density at radius 1 is 1.44 bits per heavy atom. The van der Waals surface area contributed by atoms with Crippen LogP contribution in [-0.2, 0) is 21.8 Å². The molecule has 0 aliphatic rings. The first-order valence-electron chi connectivity index (χ1n) is 4.60. The zero-order valence-corrected chi connectivity index (χ0v) is 9.81. The quantitative estimate of drug-likeness (QED) is 0.604. The number of benzene rings is 1. The highest BCUT2D eigenvalue weighted by molar-refractivity contribution is 6.17. The van der Waals surface area contributed by atoms with Crippen LogP contribution in [0.5, 0.6) is 5.75 Å². The number of methoxy groups -OCH3 is 2. The highest BCUT2D eigenvalue weighted by Crippen LogP contribution is 2.23. The van der Waals surface area contributed by atoms with Crippen molar-refractivity contribution >= 4 is 17.6 Å². The van der Waals surface area contributed by atoms with Gasteiger partial charge < -0.3 is 9.47 Å². The van der Waals surface area contributed by atoms with Gasteiger partial charge >= 0.3 is 5.97 Å². The molecule has 0 aliphatic carbocycles. The molecule has 5 heteroatoms. The lowest BCUT2D eigenvalue weighted by Gasteiger charge is -2.10. The van der Waals surface area contributed by atoms with Gasteiger partial charge in [0.2, 0.25) is 0 Å². The summed E-state index contributed by atoms with van der Waals surface area (Å²) < 4.78 is 23.0. The van der Waals surface area contributed by atoms with Gasteiger partial charge in [-0.3, -0.25) is 4.79 Å². The van der Waals surface area contributed by atoms with Crippen LogP contribution < -0.4 is 4.74 Å². The molecule has 3 nitrogen and oxygen atoms in total. The Morgan fingerprint density at radius 3 is 2.62 bits per heavy atom. The average Bonchev–Trinajstić information content (AvgIpc) is 2.30. The van der Waals surface area contributed by atoms with Crippen LogP contribution in [0, 0.1) is 5.82 Å². The first kappa shape index (κ1) is 12.8. The van der Waals surface area contributed by atoms with E-state index in [1.165, 1.54) is 20.3 Å². The molecule has 0 spiro atoms. The van der Waals surface area contributed by atoms with E-state index >= 15 is 0 Å². The Balaban J connectivity index is 3.11. The fourth-order valence-corrected chi connectivity index (χ4v) is 1.56. The summed E-state index contributed by atoms with van der Waals surface area (Å²) in [7, 11) is 2.69. The number of hydrogen-bond donors (Lipinski definition) is 0. The molecule has 1 aromatic carbocycles. The third-order valence-electron chi connectivity index (χ3n) is 2.19. The minimum absolute atomic E-state index is 0.112. The Morgan fingerprint density at radius 2 is 2.12 bits per heavy atom. The average molecular weight is 247 g/mol. The lowest BCUT2D eigenvalue weighted by atomic mass is 10.0. The standard InChI is InChI=1S/C11H12ClFO3/c1-15-8-3-7(6-12)9(10(13)4-8)5-11(14)16-2/h3-4H,5-6H2,1-2H3. The molecular formula is C11H12ClFO3. The first-order chi connectivity index (χ1) is 7.62. The van der Waals surface area contributed by atoms with Crippen molar-refractivity contribution in [1.29, 1.82) is 0 Å². The van der Waals surface area contributed by atoms with Gasteiger partial charge in [0.15, 0.2) is 0 Å². The number of esters is 1. The molecule has 88 valence electrons. The second kappa shape index (κ2) is 5.70. The number of carbonyl (C=O) groups is 1. The SMILES string of the molecule is COC(=O)Cc1c(F)cc(OC)cc1CCl. The van der Waals surface area contributed by atoms with Crippen LogP contribution in [0.4, 0.5) is 4.39 Å². The maximum atomic E-state index is 13.6. The molecule has 0 fully saturated rings. The lowest BCUT2D eigenvalue weighted by Crippen LogP contribution is -2.09. The number of ether oxygens (including phenoxy) is 2. The molecule has 0 atom stereocenters. The van der Waals surface area contributed by atoms with Gasteiger partial charge in [-0.15, -0.1) is 11.6 Å². The summed E-state index contributed by atoms with van der Waals surface area (Å²) in [6.07, 6.45) is -0.131. The van der Waals surface area contributed by atoms with Crippen molar-refractivity contribution in [3.8, 4) is 5.75 Å². The Bertz CT molecular complexity index is 393. The van der Waals surface area contributed by atoms with Crippen LogP contribution in [-0.4, -0.2) is 20.2 Å². The van der Waals surface area contributed by atoms with Crippen LogP contribution in [0.2, 0.25) is 0 Å². The third kappa shape index (κ3) is 2.85.